The molecule has 7 heteroatoms. The van der Waals surface area contributed by atoms with E-state index in [9.17, 15) is 14.4 Å². The van der Waals surface area contributed by atoms with E-state index in [-0.39, 0.29) is 24.0 Å². The van der Waals surface area contributed by atoms with Crippen LogP contribution in [0.4, 0.5) is 0 Å². The van der Waals surface area contributed by atoms with Gasteiger partial charge >= 0.3 is 5.97 Å². The molecular weight excluding hydrogens is 360 g/mol. The van der Waals surface area contributed by atoms with Crippen molar-refractivity contribution < 1.29 is 23.5 Å². The van der Waals surface area contributed by atoms with E-state index in [4.69, 9.17) is 9.15 Å². The number of amides is 2. The summed E-state index contributed by atoms with van der Waals surface area (Å²) in [6, 6.07) is 2.30. The smallest absolute Gasteiger partial charge is 0.308 e. The molecule has 1 aromatic rings. The molecule has 2 amide bonds. The Labute approximate surface area is 166 Å². The van der Waals surface area contributed by atoms with Crippen LogP contribution in [0.1, 0.15) is 75.3 Å². The molecule has 1 aliphatic heterocycles. The van der Waals surface area contributed by atoms with Crippen molar-refractivity contribution in [2.24, 2.45) is 0 Å². The molecule has 7 nitrogen and oxygen atoms in total. The monoisotopic (exact) mass is 392 g/mol. The molecule has 1 fully saturated rings. The summed E-state index contributed by atoms with van der Waals surface area (Å²) >= 11 is 0. The summed E-state index contributed by atoms with van der Waals surface area (Å²) in [5.74, 6) is -1.02. The molecule has 28 heavy (non-hydrogen) atoms. The average molecular weight is 392 g/mol. The Bertz CT molecular complexity index is 614. The van der Waals surface area contributed by atoms with Gasteiger partial charge in [-0.05, 0) is 18.6 Å². The van der Waals surface area contributed by atoms with Gasteiger partial charge in [0, 0.05) is 13.1 Å². The van der Waals surface area contributed by atoms with Crippen LogP contribution < -0.4 is 5.32 Å². The third kappa shape index (κ3) is 7.02. The van der Waals surface area contributed by atoms with E-state index in [2.05, 4.69) is 12.2 Å². The van der Waals surface area contributed by atoms with Gasteiger partial charge in [-0.25, -0.2) is 0 Å². The molecule has 0 bridgehead atoms. The molecule has 1 aromatic heterocycles. The molecule has 0 aromatic carbocycles. The summed E-state index contributed by atoms with van der Waals surface area (Å²) in [5, 5.41) is 2.70. The highest BCUT2D eigenvalue weighted by atomic mass is 16.5. The van der Waals surface area contributed by atoms with Gasteiger partial charge < -0.3 is 19.4 Å². The number of rotatable bonds is 12. The van der Waals surface area contributed by atoms with Crippen LogP contribution in [0.15, 0.2) is 22.8 Å². The number of carbonyl (C=O) groups excluding carboxylic acids is 3. The predicted octanol–water partition coefficient (Wildman–Crippen LogP) is 3.29. The van der Waals surface area contributed by atoms with Crippen LogP contribution in [0.3, 0.4) is 0 Å². The number of hydrogen-bond donors (Lipinski definition) is 1. The number of unbranched alkanes of at least 4 members (excludes halogenated alkanes) is 7. The topological polar surface area (TPSA) is 88.9 Å². The van der Waals surface area contributed by atoms with Crippen molar-refractivity contribution in [3.8, 4) is 0 Å². The number of nitrogens with zero attached hydrogens (tertiary/aromatic N) is 1. The third-order valence-corrected chi connectivity index (χ3v) is 4.94. The standard InChI is InChI=1S/C21H32N2O5/c1-2-3-4-5-6-7-8-9-14-28-19(24)16-17-20(25)22-12-13-23(17)21(26)18-11-10-15-27-18/h10-11,15,17H,2-9,12-14,16H2,1H3,(H,22,25). The van der Waals surface area contributed by atoms with Crippen LogP contribution in [-0.2, 0) is 14.3 Å². The predicted molar refractivity (Wildman–Crippen MR) is 105 cm³/mol. The van der Waals surface area contributed by atoms with E-state index in [1.807, 2.05) is 0 Å². The van der Waals surface area contributed by atoms with Gasteiger partial charge in [-0.3, -0.25) is 14.4 Å². The zero-order valence-corrected chi connectivity index (χ0v) is 16.8. The minimum atomic E-state index is -0.864. The summed E-state index contributed by atoms with van der Waals surface area (Å²) < 4.78 is 10.4. The first-order chi connectivity index (χ1) is 13.6. The number of hydrogen-bond acceptors (Lipinski definition) is 5. The molecular formula is C21H32N2O5. The van der Waals surface area contributed by atoms with Gasteiger partial charge in [-0.2, -0.15) is 0 Å². The lowest BCUT2D eigenvalue weighted by Gasteiger charge is -2.33. The highest BCUT2D eigenvalue weighted by Crippen LogP contribution is 2.15. The summed E-state index contributed by atoms with van der Waals surface area (Å²) in [6.07, 6.45) is 10.6. The van der Waals surface area contributed by atoms with Gasteiger partial charge in [-0.15, -0.1) is 0 Å². The summed E-state index contributed by atoms with van der Waals surface area (Å²) in [7, 11) is 0. The van der Waals surface area contributed by atoms with Crippen molar-refractivity contribution in [1.29, 1.82) is 0 Å². The maximum absolute atomic E-state index is 12.5. The molecule has 1 aliphatic rings. The molecule has 0 spiro atoms. The maximum Gasteiger partial charge on any atom is 0.308 e. The van der Waals surface area contributed by atoms with Crippen LogP contribution in [0, 0.1) is 0 Å². The van der Waals surface area contributed by atoms with Gasteiger partial charge in [-0.1, -0.05) is 51.9 Å². The normalized spacial score (nSPS) is 16.7. The van der Waals surface area contributed by atoms with Crippen molar-refractivity contribution in [1.82, 2.24) is 10.2 Å². The van der Waals surface area contributed by atoms with E-state index in [0.29, 0.717) is 19.7 Å². The quantitative estimate of drug-likeness (QED) is 0.435. The number of ether oxygens (including phenoxy) is 1. The fourth-order valence-corrected chi connectivity index (χ4v) is 3.34. The molecule has 1 N–H and O–H groups in total. The van der Waals surface area contributed by atoms with E-state index < -0.39 is 12.0 Å². The van der Waals surface area contributed by atoms with E-state index in [1.165, 1.54) is 43.3 Å². The Morgan fingerprint density at radius 2 is 1.89 bits per heavy atom. The second-order valence-corrected chi connectivity index (χ2v) is 7.18. The van der Waals surface area contributed by atoms with Gasteiger partial charge in [0.2, 0.25) is 5.91 Å². The molecule has 1 saturated heterocycles. The average Bonchev–Trinajstić information content (AvgIpc) is 3.22. The zero-order chi connectivity index (χ0) is 20.2. The fourth-order valence-electron chi connectivity index (χ4n) is 3.34. The Balaban J connectivity index is 1.70. The number of furan rings is 1. The number of esters is 1. The molecule has 1 unspecified atom stereocenters. The van der Waals surface area contributed by atoms with Gasteiger partial charge in [0.25, 0.3) is 5.91 Å². The van der Waals surface area contributed by atoms with Crippen LogP contribution in [-0.4, -0.2) is 48.4 Å². The minimum Gasteiger partial charge on any atom is -0.466 e. The second-order valence-electron chi connectivity index (χ2n) is 7.18. The van der Waals surface area contributed by atoms with Crippen molar-refractivity contribution in [3.05, 3.63) is 24.2 Å². The molecule has 2 rings (SSSR count). The SMILES string of the molecule is CCCCCCCCCCOC(=O)CC1C(=O)NCCN1C(=O)c1ccco1. The Morgan fingerprint density at radius 1 is 1.18 bits per heavy atom. The lowest BCUT2D eigenvalue weighted by atomic mass is 10.1. The van der Waals surface area contributed by atoms with Gasteiger partial charge in [0.1, 0.15) is 6.04 Å². The first kappa shape index (κ1) is 22.0. The van der Waals surface area contributed by atoms with Crippen LogP contribution in [0.2, 0.25) is 0 Å². The first-order valence-electron chi connectivity index (χ1n) is 10.4. The van der Waals surface area contributed by atoms with Crippen molar-refractivity contribution in [3.63, 3.8) is 0 Å². The maximum atomic E-state index is 12.5. The van der Waals surface area contributed by atoms with E-state index in [1.54, 1.807) is 12.1 Å². The van der Waals surface area contributed by atoms with E-state index >= 15 is 0 Å². The van der Waals surface area contributed by atoms with Crippen LogP contribution in [0.25, 0.3) is 0 Å². The molecule has 0 saturated carbocycles. The number of carbonyl (C=O) groups is 3. The van der Waals surface area contributed by atoms with Crippen molar-refractivity contribution in [2.45, 2.75) is 70.8 Å². The van der Waals surface area contributed by atoms with Gasteiger partial charge in [0.05, 0.1) is 19.3 Å². The number of piperazine rings is 1. The molecule has 156 valence electrons. The largest absolute Gasteiger partial charge is 0.466 e. The zero-order valence-electron chi connectivity index (χ0n) is 16.8. The summed E-state index contributed by atoms with van der Waals surface area (Å²) in [4.78, 5) is 38.3. The third-order valence-electron chi connectivity index (χ3n) is 4.94. The lowest BCUT2D eigenvalue weighted by molar-refractivity contribution is -0.147. The Morgan fingerprint density at radius 3 is 2.57 bits per heavy atom. The fraction of sp³-hybridized carbons (Fsp3) is 0.667. The van der Waals surface area contributed by atoms with E-state index in [0.717, 1.165) is 19.3 Å². The van der Waals surface area contributed by atoms with Gasteiger partial charge in [0.15, 0.2) is 5.76 Å². The lowest BCUT2D eigenvalue weighted by Crippen LogP contribution is -2.57. The summed E-state index contributed by atoms with van der Waals surface area (Å²) in [5.41, 5.74) is 0. The number of nitrogens with one attached hydrogen (secondary N) is 1. The summed E-state index contributed by atoms with van der Waals surface area (Å²) in [6.45, 7) is 3.25. The highest BCUT2D eigenvalue weighted by Gasteiger charge is 2.36. The van der Waals surface area contributed by atoms with Crippen LogP contribution in [0.5, 0.6) is 0 Å². The molecule has 0 aliphatic carbocycles. The molecule has 2 heterocycles. The Hall–Kier alpha value is -2.31. The Kier molecular flexibility index (Phi) is 9.59. The second kappa shape index (κ2) is 12.2. The molecule has 0 radical (unpaired) electrons. The first-order valence-corrected chi connectivity index (χ1v) is 10.4. The van der Waals surface area contributed by atoms with Crippen molar-refractivity contribution in [2.75, 3.05) is 19.7 Å². The highest BCUT2D eigenvalue weighted by molar-refractivity contribution is 5.97. The minimum absolute atomic E-state index is 0.144. The van der Waals surface area contributed by atoms with Crippen molar-refractivity contribution >= 4 is 17.8 Å². The van der Waals surface area contributed by atoms with Crippen LogP contribution >= 0.6 is 0 Å². The molecule has 1 atom stereocenters.